The summed E-state index contributed by atoms with van der Waals surface area (Å²) in [4.78, 5) is 17.9. The van der Waals surface area contributed by atoms with Gasteiger partial charge in [-0.1, -0.05) is 44.2 Å². The van der Waals surface area contributed by atoms with E-state index in [9.17, 15) is 9.90 Å². The fourth-order valence-electron chi connectivity index (χ4n) is 4.50. The molecule has 0 radical (unpaired) electrons. The van der Waals surface area contributed by atoms with Crippen LogP contribution in [0.5, 0.6) is 5.75 Å². The van der Waals surface area contributed by atoms with Crippen molar-refractivity contribution in [2.24, 2.45) is 0 Å². The van der Waals surface area contributed by atoms with E-state index in [0.717, 1.165) is 29.8 Å². The summed E-state index contributed by atoms with van der Waals surface area (Å²) >= 11 is 0. The second kappa shape index (κ2) is 9.63. The topological polar surface area (TPSA) is 74.7 Å². The summed E-state index contributed by atoms with van der Waals surface area (Å²) in [5, 5.41) is 12.8. The van der Waals surface area contributed by atoms with Gasteiger partial charge in [0.1, 0.15) is 5.75 Å². The highest BCUT2D eigenvalue weighted by Gasteiger charge is 2.26. The van der Waals surface area contributed by atoms with E-state index in [1.807, 2.05) is 0 Å². The smallest absolute Gasteiger partial charge is 0.337 e. The summed E-state index contributed by atoms with van der Waals surface area (Å²) in [6, 6.07) is 14.7. The number of carbonyl (C=O) groups is 1. The molecule has 0 bridgehead atoms. The Morgan fingerprint density at radius 1 is 1.24 bits per heavy atom. The molecule has 0 fully saturated rings. The Labute approximate surface area is 195 Å². The van der Waals surface area contributed by atoms with Crippen molar-refractivity contribution in [3.05, 3.63) is 77.1 Å². The third kappa shape index (κ3) is 4.71. The molecule has 1 aromatic heterocycles. The molecule has 1 atom stereocenters. The highest BCUT2D eigenvalue weighted by atomic mass is 16.5. The number of carboxylic acid groups (broad SMARTS) is 1. The van der Waals surface area contributed by atoms with Crippen LogP contribution in [0.4, 0.5) is 5.69 Å². The van der Waals surface area contributed by atoms with E-state index in [4.69, 9.17) is 4.74 Å². The Morgan fingerprint density at radius 2 is 2.06 bits per heavy atom. The van der Waals surface area contributed by atoms with Crippen LogP contribution in [0.3, 0.4) is 0 Å². The Hall–Kier alpha value is -3.38. The minimum atomic E-state index is -0.959. The normalized spacial score (nSPS) is 15.8. The van der Waals surface area contributed by atoms with E-state index < -0.39 is 5.97 Å². The highest BCUT2D eigenvalue weighted by molar-refractivity contribution is 5.93. The average Bonchev–Trinajstić information content (AvgIpc) is 2.82. The van der Waals surface area contributed by atoms with Crippen molar-refractivity contribution in [3.63, 3.8) is 0 Å². The van der Waals surface area contributed by atoms with Gasteiger partial charge >= 0.3 is 5.97 Å². The zero-order chi connectivity index (χ0) is 23.5. The molecular weight excluding hydrogens is 414 g/mol. The molecular formula is C27H31N3O3. The van der Waals surface area contributed by atoms with Crippen molar-refractivity contribution >= 4 is 11.7 Å². The van der Waals surface area contributed by atoms with Crippen molar-refractivity contribution in [2.45, 2.75) is 32.2 Å². The van der Waals surface area contributed by atoms with Crippen molar-refractivity contribution in [3.8, 4) is 16.9 Å². The van der Waals surface area contributed by atoms with Crippen molar-refractivity contribution < 1.29 is 14.6 Å². The van der Waals surface area contributed by atoms with E-state index in [1.165, 1.54) is 29.0 Å². The molecule has 0 saturated heterocycles. The van der Waals surface area contributed by atoms with Gasteiger partial charge in [0.25, 0.3) is 0 Å². The molecule has 0 amide bonds. The molecule has 0 unspecified atom stereocenters. The fraction of sp³-hybridized carbons (Fsp3) is 0.333. The Morgan fingerprint density at radius 3 is 2.79 bits per heavy atom. The summed E-state index contributed by atoms with van der Waals surface area (Å²) < 4.78 is 5.72. The van der Waals surface area contributed by atoms with Gasteiger partial charge in [-0.3, -0.25) is 9.88 Å². The number of benzene rings is 2. The largest absolute Gasteiger partial charge is 0.496 e. The van der Waals surface area contributed by atoms with E-state index in [-0.39, 0.29) is 11.6 Å². The number of ether oxygens (including phenoxy) is 1. The maximum absolute atomic E-state index is 11.5. The summed E-state index contributed by atoms with van der Waals surface area (Å²) in [6.07, 6.45) is 4.04. The van der Waals surface area contributed by atoms with Crippen LogP contribution in [0, 0.1) is 0 Å². The molecule has 33 heavy (non-hydrogen) atoms. The molecule has 6 nitrogen and oxygen atoms in total. The molecule has 0 aliphatic carbocycles. The van der Waals surface area contributed by atoms with Crippen LogP contribution < -0.4 is 10.1 Å². The molecule has 172 valence electrons. The van der Waals surface area contributed by atoms with E-state index in [1.54, 1.807) is 13.3 Å². The number of pyridine rings is 1. The minimum absolute atomic E-state index is 0.134. The summed E-state index contributed by atoms with van der Waals surface area (Å²) in [7, 11) is 3.83. The lowest BCUT2D eigenvalue weighted by atomic mass is 9.89. The van der Waals surface area contributed by atoms with Crippen LogP contribution in [0.15, 0.2) is 54.9 Å². The number of hydrogen-bond acceptors (Lipinski definition) is 5. The number of carboxylic acids is 1. The Kier molecular flexibility index (Phi) is 6.65. The van der Waals surface area contributed by atoms with Gasteiger partial charge in [0.2, 0.25) is 0 Å². The van der Waals surface area contributed by atoms with Crippen molar-refractivity contribution in [1.82, 2.24) is 9.88 Å². The van der Waals surface area contributed by atoms with Crippen LogP contribution in [0.25, 0.3) is 11.1 Å². The number of anilines is 1. The molecule has 2 N–H and O–H groups in total. The van der Waals surface area contributed by atoms with Crippen LogP contribution in [0.1, 0.15) is 52.9 Å². The van der Waals surface area contributed by atoms with E-state index in [2.05, 4.69) is 72.5 Å². The Bertz CT molecular complexity index is 1160. The highest BCUT2D eigenvalue weighted by Crippen LogP contribution is 2.37. The van der Waals surface area contributed by atoms with Gasteiger partial charge in [0, 0.05) is 24.8 Å². The quantitative estimate of drug-likeness (QED) is 0.519. The zero-order valence-corrected chi connectivity index (χ0v) is 19.6. The minimum Gasteiger partial charge on any atom is -0.496 e. The number of likely N-dealkylation sites (N-methyl/N-ethyl adjacent to an activating group) is 1. The lowest BCUT2D eigenvalue weighted by molar-refractivity contribution is 0.0697. The second-order valence-corrected chi connectivity index (χ2v) is 8.88. The van der Waals surface area contributed by atoms with Crippen LogP contribution in [-0.4, -0.2) is 48.2 Å². The van der Waals surface area contributed by atoms with Gasteiger partial charge in [0.15, 0.2) is 0 Å². The number of aromatic carboxylic acids is 1. The van der Waals surface area contributed by atoms with Gasteiger partial charge in [-0.15, -0.1) is 0 Å². The van der Waals surface area contributed by atoms with Gasteiger partial charge < -0.3 is 15.2 Å². The fourth-order valence-corrected chi connectivity index (χ4v) is 4.50. The first-order valence-electron chi connectivity index (χ1n) is 11.3. The molecule has 1 aliphatic heterocycles. The average molecular weight is 446 g/mol. The van der Waals surface area contributed by atoms with E-state index in [0.29, 0.717) is 18.2 Å². The van der Waals surface area contributed by atoms with Crippen LogP contribution >= 0.6 is 0 Å². The third-order valence-electron chi connectivity index (χ3n) is 6.51. The number of nitrogens with zero attached hydrogens (tertiary/aromatic N) is 2. The lowest BCUT2D eigenvalue weighted by Crippen LogP contribution is -2.36. The molecule has 2 aromatic carbocycles. The van der Waals surface area contributed by atoms with Crippen molar-refractivity contribution in [2.75, 3.05) is 32.6 Å². The van der Waals surface area contributed by atoms with Crippen LogP contribution in [0.2, 0.25) is 0 Å². The lowest BCUT2D eigenvalue weighted by Gasteiger charge is -2.35. The number of aromatic nitrogens is 1. The summed E-state index contributed by atoms with van der Waals surface area (Å²) in [5.41, 5.74) is 6.86. The van der Waals surface area contributed by atoms with Gasteiger partial charge in [0.05, 0.1) is 30.6 Å². The molecule has 1 aliphatic rings. The van der Waals surface area contributed by atoms with Crippen LogP contribution in [-0.2, 0) is 6.42 Å². The first-order chi connectivity index (χ1) is 15.9. The maximum Gasteiger partial charge on any atom is 0.337 e. The predicted molar refractivity (Wildman–Crippen MR) is 131 cm³/mol. The third-order valence-corrected chi connectivity index (χ3v) is 6.51. The molecule has 6 heteroatoms. The summed E-state index contributed by atoms with van der Waals surface area (Å²) in [6.45, 7) is 5.90. The summed E-state index contributed by atoms with van der Waals surface area (Å²) in [5.74, 6) is 0.381. The SMILES string of the molecule is COc1cc(C(C)C)ccc1-c1ccc2c(c1)CCN(C)[C@H]2CNc1cnccc1C(=O)O. The number of nitrogens with one attached hydrogen (secondary N) is 1. The first-order valence-corrected chi connectivity index (χ1v) is 11.3. The number of methoxy groups -OCH3 is 1. The van der Waals surface area contributed by atoms with Gasteiger partial charge in [-0.05, 0) is 53.8 Å². The van der Waals surface area contributed by atoms with Gasteiger partial charge in [-0.2, -0.15) is 0 Å². The first kappa shape index (κ1) is 22.8. The van der Waals surface area contributed by atoms with Crippen molar-refractivity contribution in [1.29, 1.82) is 0 Å². The van der Waals surface area contributed by atoms with E-state index >= 15 is 0 Å². The molecule has 3 aromatic rings. The maximum atomic E-state index is 11.5. The molecule has 4 rings (SSSR count). The molecule has 0 spiro atoms. The molecule has 2 heterocycles. The second-order valence-electron chi connectivity index (χ2n) is 8.88. The predicted octanol–water partition coefficient (Wildman–Crippen LogP) is 5.22. The number of rotatable bonds is 7. The zero-order valence-electron chi connectivity index (χ0n) is 19.6. The standard InChI is InChI=1S/C27H31N3O3/c1-17(2)18-5-8-22(26(14-18)33-4)19-6-7-21-20(13-19)10-12-30(3)25(21)16-29-24-15-28-11-9-23(24)27(31)32/h5-9,11,13-15,17,25,29H,10,12,16H2,1-4H3,(H,31,32)/t25-/m0/s1. The number of hydrogen-bond donors (Lipinski definition) is 2. The number of fused-ring (bicyclic) bond motifs is 1. The molecule has 0 saturated carbocycles. The van der Waals surface area contributed by atoms with Gasteiger partial charge in [-0.25, -0.2) is 4.79 Å². The monoisotopic (exact) mass is 445 g/mol. The Balaban J connectivity index is 1.62.